The molecule has 6 heteroatoms. The number of carboxylic acid groups (broad SMARTS) is 1. The molecule has 1 aromatic rings. The molecule has 0 saturated carbocycles. The molecule has 1 aromatic heterocycles. The van der Waals surface area contributed by atoms with Crippen molar-refractivity contribution < 1.29 is 14.7 Å². The van der Waals surface area contributed by atoms with E-state index in [4.69, 9.17) is 0 Å². The van der Waals surface area contributed by atoms with Gasteiger partial charge in [-0.05, 0) is 32.8 Å². The molecule has 0 bridgehead atoms. The molecular formula is C15H21N3O3. The molecule has 1 heterocycles. The van der Waals surface area contributed by atoms with E-state index in [2.05, 4.69) is 10.4 Å². The zero-order valence-corrected chi connectivity index (χ0v) is 12.4. The van der Waals surface area contributed by atoms with Gasteiger partial charge in [-0.3, -0.25) is 14.3 Å². The Morgan fingerprint density at radius 1 is 1.33 bits per heavy atom. The average Bonchev–Trinajstić information content (AvgIpc) is 2.77. The number of nitrogens with zero attached hydrogens (tertiary/aromatic N) is 2. The van der Waals surface area contributed by atoms with Crippen molar-refractivity contribution in [3.63, 3.8) is 0 Å². The summed E-state index contributed by atoms with van der Waals surface area (Å²) in [6, 6.07) is 1.98. The van der Waals surface area contributed by atoms with Crippen LogP contribution in [0.25, 0.3) is 0 Å². The summed E-state index contributed by atoms with van der Waals surface area (Å²) >= 11 is 0. The molecule has 0 saturated heterocycles. The molecule has 0 aliphatic heterocycles. The molecule has 21 heavy (non-hydrogen) atoms. The van der Waals surface area contributed by atoms with Gasteiger partial charge < -0.3 is 10.4 Å². The highest BCUT2D eigenvalue weighted by molar-refractivity contribution is 5.85. The molecular weight excluding hydrogens is 270 g/mol. The molecule has 1 aliphatic rings. The minimum absolute atomic E-state index is 0.187. The first kappa shape index (κ1) is 15.3. The quantitative estimate of drug-likeness (QED) is 0.800. The van der Waals surface area contributed by atoms with E-state index in [0.717, 1.165) is 11.4 Å². The molecule has 2 atom stereocenters. The van der Waals surface area contributed by atoms with Crippen molar-refractivity contribution in [2.75, 3.05) is 6.54 Å². The average molecular weight is 291 g/mol. The lowest BCUT2D eigenvalue weighted by Gasteiger charge is -2.24. The normalized spacial score (nSPS) is 21.2. The Morgan fingerprint density at radius 2 is 2.00 bits per heavy atom. The summed E-state index contributed by atoms with van der Waals surface area (Å²) < 4.78 is 1.84. The smallest absolute Gasteiger partial charge is 0.307 e. The summed E-state index contributed by atoms with van der Waals surface area (Å²) in [6.07, 6.45) is 4.62. The van der Waals surface area contributed by atoms with E-state index in [1.165, 1.54) is 0 Å². The number of nitrogens with one attached hydrogen (secondary N) is 1. The van der Waals surface area contributed by atoms with Crippen LogP contribution >= 0.6 is 0 Å². The molecule has 0 fully saturated rings. The summed E-state index contributed by atoms with van der Waals surface area (Å²) in [5, 5.41) is 16.3. The monoisotopic (exact) mass is 291 g/mol. The predicted molar refractivity (Wildman–Crippen MR) is 77.7 cm³/mol. The summed E-state index contributed by atoms with van der Waals surface area (Å²) in [5.41, 5.74) is 1.99. The molecule has 114 valence electrons. The van der Waals surface area contributed by atoms with E-state index >= 15 is 0 Å². The summed E-state index contributed by atoms with van der Waals surface area (Å²) in [7, 11) is 0. The second-order valence-corrected chi connectivity index (χ2v) is 5.44. The van der Waals surface area contributed by atoms with Gasteiger partial charge in [-0.2, -0.15) is 5.10 Å². The van der Waals surface area contributed by atoms with Crippen molar-refractivity contribution in [2.45, 2.75) is 33.2 Å². The van der Waals surface area contributed by atoms with Crippen LogP contribution in [0.5, 0.6) is 0 Å². The molecule has 0 unspecified atom stereocenters. The lowest BCUT2D eigenvalue weighted by Crippen LogP contribution is -2.40. The zero-order chi connectivity index (χ0) is 15.4. The highest BCUT2D eigenvalue weighted by atomic mass is 16.4. The maximum absolute atomic E-state index is 12.2. The van der Waals surface area contributed by atoms with E-state index in [-0.39, 0.29) is 5.91 Å². The Balaban J connectivity index is 1.88. The van der Waals surface area contributed by atoms with Crippen LogP contribution in [0.3, 0.4) is 0 Å². The van der Waals surface area contributed by atoms with E-state index in [1.807, 2.05) is 36.7 Å². The number of rotatable bonds is 5. The van der Waals surface area contributed by atoms with Crippen LogP contribution in [0.2, 0.25) is 0 Å². The van der Waals surface area contributed by atoms with Gasteiger partial charge in [-0.15, -0.1) is 0 Å². The number of hydrogen-bond donors (Lipinski definition) is 2. The van der Waals surface area contributed by atoms with Crippen LogP contribution in [0.1, 0.15) is 24.2 Å². The Morgan fingerprint density at radius 3 is 2.57 bits per heavy atom. The van der Waals surface area contributed by atoms with Gasteiger partial charge in [0.05, 0.1) is 24.1 Å². The molecule has 2 rings (SSSR count). The topological polar surface area (TPSA) is 84.2 Å². The maximum Gasteiger partial charge on any atom is 0.307 e. The fourth-order valence-corrected chi connectivity index (χ4v) is 2.69. The van der Waals surface area contributed by atoms with Crippen LogP contribution in [0.15, 0.2) is 18.2 Å². The van der Waals surface area contributed by atoms with Gasteiger partial charge in [0.1, 0.15) is 0 Å². The van der Waals surface area contributed by atoms with E-state index in [9.17, 15) is 14.7 Å². The van der Waals surface area contributed by atoms with Crippen molar-refractivity contribution in [3.05, 3.63) is 29.6 Å². The first-order valence-corrected chi connectivity index (χ1v) is 7.15. The highest BCUT2D eigenvalue weighted by Gasteiger charge is 2.33. The Bertz CT molecular complexity index is 563. The number of aromatic nitrogens is 2. The first-order valence-electron chi connectivity index (χ1n) is 7.15. The number of amides is 1. The van der Waals surface area contributed by atoms with Crippen LogP contribution in [0.4, 0.5) is 0 Å². The van der Waals surface area contributed by atoms with Crippen molar-refractivity contribution in [2.24, 2.45) is 11.8 Å². The lowest BCUT2D eigenvalue weighted by atomic mass is 9.82. The van der Waals surface area contributed by atoms with Gasteiger partial charge in [-0.25, -0.2) is 0 Å². The van der Waals surface area contributed by atoms with Crippen molar-refractivity contribution in [1.82, 2.24) is 15.1 Å². The first-order chi connectivity index (χ1) is 9.99. The molecule has 1 aliphatic carbocycles. The van der Waals surface area contributed by atoms with Crippen LogP contribution < -0.4 is 5.32 Å². The predicted octanol–water partition coefficient (Wildman–Crippen LogP) is 1.28. The largest absolute Gasteiger partial charge is 0.481 e. The number of carboxylic acids is 1. The maximum atomic E-state index is 12.2. The number of carbonyl (C=O) groups excluding carboxylic acids is 1. The molecule has 6 nitrogen and oxygen atoms in total. The minimum Gasteiger partial charge on any atom is -0.481 e. The fourth-order valence-electron chi connectivity index (χ4n) is 2.69. The Labute approximate surface area is 123 Å². The number of hydrogen-bond acceptors (Lipinski definition) is 3. The van der Waals surface area contributed by atoms with Crippen molar-refractivity contribution in [1.29, 1.82) is 0 Å². The lowest BCUT2D eigenvalue weighted by molar-refractivity contribution is -0.147. The Hall–Kier alpha value is -2.11. The molecule has 1 amide bonds. The van der Waals surface area contributed by atoms with Crippen LogP contribution in [-0.4, -0.2) is 33.3 Å². The van der Waals surface area contributed by atoms with Gasteiger partial charge >= 0.3 is 5.97 Å². The summed E-state index contributed by atoms with van der Waals surface area (Å²) in [5.74, 6) is -2.19. The standard InChI is InChI=1S/C15H21N3O3/c1-10-9-11(2)18(17-10)8-7-16-14(19)12-5-3-4-6-13(12)15(20)21/h3-4,9,12-13H,5-8H2,1-2H3,(H,16,19)(H,20,21)/t12-,13-/m1/s1. The van der Waals surface area contributed by atoms with Crippen molar-refractivity contribution in [3.8, 4) is 0 Å². The van der Waals surface area contributed by atoms with Gasteiger partial charge in [0.25, 0.3) is 0 Å². The molecule has 0 aromatic carbocycles. The Kier molecular flexibility index (Phi) is 4.77. The van der Waals surface area contributed by atoms with Crippen molar-refractivity contribution >= 4 is 11.9 Å². The third-order valence-electron chi connectivity index (χ3n) is 3.81. The minimum atomic E-state index is -0.905. The van der Waals surface area contributed by atoms with Gasteiger partial charge in [-0.1, -0.05) is 12.2 Å². The van der Waals surface area contributed by atoms with Gasteiger partial charge in [0.15, 0.2) is 0 Å². The highest BCUT2D eigenvalue weighted by Crippen LogP contribution is 2.25. The number of aliphatic carboxylic acids is 1. The summed E-state index contributed by atoms with van der Waals surface area (Å²) in [6.45, 7) is 4.93. The third-order valence-corrected chi connectivity index (χ3v) is 3.81. The molecule has 2 N–H and O–H groups in total. The number of carbonyl (C=O) groups is 2. The van der Waals surface area contributed by atoms with Gasteiger partial charge in [0.2, 0.25) is 5.91 Å². The van der Waals surface area contributed by atoms with Crippen LogP contribution in [0, 0.1) is 25.7 Å². The van der Waals surface area contributed by atoms with E-state index < -0.39 is 17.8 Å². The summed E-state index contributed by atoms with van der Waals surface area (Å²) in [4.78, 5) is 23.3. The third kappa shape index (κ3) is 3.71. The second kappa shape index (κ2) is 6.56. The number of aryl methyl sites for hydroxylation is 2. The SMILES string of the molecule is Cc1cc(C)n(CCNC(=O)[C@@H]2CC=CC[C@H]2C(=O)O)n1. The zero-order valence-electron chi connectivity index (χ0n) is 12.4. The molecule has 0 spiro atoms. The van der Waals surface area contributed by atoms with E-state index in [1.54, 1.807) is 0 Å². The second-order valence-electron chi connectivity index (χ2n) is 5.44. The van der Waals surface area contributed by atoms with Gasteiger partial charge in [0, 0.05) is 12.2 Å². The van der Waals surface area contributed by atoms with E-state index in [0.29, 0.717) is 25.9 Å². The fraction of sp³-hybridized carbons (Fsp3) is 0.533. The number of allylic oxidation sites excluding steroid dienone is 2. The van der Waals surface area contributed by atoms with Crippen LogP contribution in [-0.2, 0) is 16.1 Å². The molecule has 0 radical (unpaired) electrons.